The normalized spacial score (nSPS) is 13.0. The Balaban J connectivity index is 1.41. The lowest BCUT2D eigenvalue weighted by atomic mass is 10.1. The van der Waals surface area contributed by atoms with Gasteiger partial charge in [-0.15, -0.1) is 0 Å². The molecule has 0 unspecified atom stereocenters. The molecule has 0 aliphatic carbocycles. The average Bonchev–Trinajstić information content (AvgIpc) is 3.30. The van der Waals surface area contributed by atoms with E-state index >= 15 is 0 Å². The van der Waals surface area contributed by atoms with Crippen LogP contribution in [0.3, 0.4) is 0 Å². The summed E-state index contributed by atoms with van der Waals surface area (Å²) in [5.41, 5.74) is 7.83. The number of ether oxygens (including phenoxy) is 1. The lowest BCUT2D eigenvalue weighted by Crippen LogP contribution is -2.38. The first-order chi connectivity index (χ1) is 15.4. The largest absolute Gasteiger partial charge is 0.489 e. The van der Waals surface area contributed by atoms with Gasteiger partial charge in [-0.05, 0) is 48.9 Å². The van der Waals surface area contributed by atoms with Crippen molar-refractivity contribution in [2.24, 2.45) is 5.73 Å². The summed E-state index contributed by atoms with van der Waals surface area (Å²) < 4.78 is 5.85. The molecule has 0 saturated carbocycles. The minimum absolute atomic E-state index is 0.209. The van der Waals surface area contributed by atoms with E-state index in [0.717, 1.165) is 32.4 Å². The summed E-state index contributed by atoms with van der Waals surface area (Å²) >= 11 is 8.17. The molecule has 4 aromatic rings. The number of aromatic nitrogens is 2. The molecule has 164 valence electrons. The van der Waals surface area contributed by atoms with Gasteiger partial charge in [-0.1, -0.05) is 59.8 Å². The Morgan fingerprint density at radius 2 is 1.78 bits per heavy atom. The Morgan fingerprint density at radius 3 is 2.47 bits per heavy atom. The van der Waals surface area contributed by atoms with E-state index in [1.165, 1.54) is 0 Å². The molecule has 32 heavy (non-hydrogen) atoms. The average molecular weight is 466 g/mol. The fourth-order valence-electron chi connectivity index (χ4n) is 3.08. The zero-order valence-corrected chi connectivity index (χ0v) is 19.2. The number of hydrogen-bond donors (Lipinski definition) is 3. The predicted octanol–water partition coefficient (Wildman–Crippen LogP) is 5.63. The third-order valence-corrected chi connectivity index (χ3v) is 6.29. The summed E-state index contributed by atoms with van der Waals surface area (Å²) in [4.78, 5) is 9.57. The third kappa shape index (κ3) is 5.34. The van der Waals surface area contributed by atoms with Crippen LogP contribution in [0.25, 0.3) is 11.3 Å². The van der Waals surface area contributed by atoms with Crippen molar-refractivity contribution < 1.29 is 9.84 Å². The number of halogens is 1. The Morgan fingerprint density at radius 1 is 1.06 bits per heavy atom. The maximum Gasteiger partial charge on any atom is 0.128 e. The first-order valence-corrected chi connectivity index (χ1v) is 11.3. The molecule has 7 heteroatoms. The number of imidazole rings is 1. The second kappa shape index (κ2) is 9.79. The molecule has 5 nitrogen and oxygen atoms in total. The van der Waals surface area contributed by atoms with E-state index < -0.39 is 5.54 Å². The molecule has 3 aromatic carbocycles. The van der Waals surface area contributed by atoms with Gasteiger partial charge in [0.15, 0.2) is 0 Å². The van der Waals surface area contributed by atoms with E-state index in [4.69, 9.17) is 22.1 Å². The minimum atomic E-state index is -0.933. The van der Waals surface area contributed by atoms with Gasteiger partial charge < -0.3 is 20.6 Å². The number of aliphatic hydroxyl groups excluding tert-OH is 1. The molecule has 4 N–H and O–H groups in total. The maximum atomic E-state index is 9.44. The van der Waals surface area contributed by atoms with Crippen LogP contribution < -0.4 is 10.5 Å². The van der Waals surface area contributed by atoms with E-state index in [2.05, 4.69) is 9.97 Å². The van der Waals surface area contributed by atoms with Gasteiger partial charge in [-0.25, -0.2) is 4.98 Å². The summed E-state index contributed by atoms with van der Waals surface area (Å²) in [5.74, 6) is 1.34. The zero-order valence-electron chi connectivity index (χ0n) is 17.6. The van der Waals surface area contributed by atoms with Crippen molar-refractivity contribution in [1.29, 1.82) is 0 Å². The van der Waals surface area contributed by atoms with Crippen molar-refractivity contribution in [1.82, 2.24) is 9.97 Å². The molecule has 1 atom stereocenters. The maximum absolute atomic E-state index is 9.44. The number of aromatic amines is 1. The fraction of sp³-hybridized carbons (Fsp3) is 0.160. The van der Waals surface area contributed by atoms with Crippen LogP contribution in [0.15, 0.2) is 88.8 Å². The molecule has 0 spiro atoms. The molecular weight excluding hydrogens is 442 g/mol. The molecule has 0 aliphatic rings. The SMILES string of the molecule is C[C@](N)(CO)c1ncc(-c2ccc(Sc3ccc(OCc4ccccc4)cc3)cc2Cl)[nH]1. The number of aliphatic hydroxyl groups is 1. The quantitative estimate of drug-likeness (QED) is 0.314. The van der Waals surface area contributed by atoms with E-state index in [9.17, 15) is 5.11 Å². The predicted molar refractivity (Wildman–Crippen MR) is 129 cm³/mol. The number of hydrogen-bond acceptors (Lipinski definition) is 5. The molecule has 0 radical (unpaired) electrons. The molecule has 1 heterocycles. The molecule has 1 aromatic heterocycles. The highest BCUT2D eigenvalue weighted by Crippen LogP contribution is 2.35. The van der Waals surface area contributed by atoms with Gasteiger partial charge in [0.05, 0.1) is 29.1 Å². The van der Waals surface area contributed by atoms with Gasteiger partial charge in [0, 0.05) is 15.4 Å². The van der Waals surface area contributed by atoms with Crippen LogP contribution in [0.1, 0.15) is 18.3 Å². The summed E-state index contributed by atoms with van der Waals surface area (Å²) in [6.45, 7) is 2.05. The monoisotopic (exact) mass is 465 g/mol. The van der Waals surface area contributed by atoms with E-state index in [1.54, 1.807) is 24.9 Å². The summed E-state index contributed by atoms with van der Waals surface area (Å²) in [6.07, 6.45) is 1.68. The Bertz CT molecular complexity index is 1180. The summed E-state index contributed by atoms with van der Waals surface area (Å²) in [7, 11) is 0. The molecule has 4 rings (SSSR count). The highest BCUT2D eigenvalue weighted by Gasteiger charge is 2.24. The minimum Gasteiger partial charge on any atom is -0.489 e. The van der Waals surface area contributed by atoms with Crippen molar-refractivity contribution >= 4 is 23.4 Å². The van der Waals surface area contributed by atoms with Crippen molar-refractivity contribution in [3.63, 3.8) is 0 Å². The van der Waals surface area contributed by atoms with Crippen LogP contribution >= 0.6 is 23.4 Å². The second-order valence-electron chi connectivity index (χ2n) is 7.71. The van der Waals surface area contributed by atoms with Gasteiger partial charge in [-0.2, -0.15) is 0 Å². The van der Waals surface area contributed by atoms with Crippen molar-refractivity contribution in [3.05, 3.63) is 95.4 Å². The zero-order chi connectivity index (χ0) is 22.6. The Hall–Kier alpha value is -2.77. The van der Waals surface area contributed by atoms with E-state index in [1.807, 2.05) is 72.8 Å². The summed E-state index contributed by atoms with van der Waals surface area (Å²) in [6, 6.07) is 24.0. The van der Waals surface area contributed by atoms with Crippen LogP contribution in [0.4, 0.5) is 0 Å². The van der Waals surface area contributed by atoms with Crippen molar-refractivity contribution in [2.45, 2.75) is 28.9 Å². The number of nitrogens with one attached hydrogen (secondary N) is 1. The second-order valence-corrected chi connectivity index (χ2v) is 9.26. The topological polar surface area (TPSA) is 84.2 Å². The van der Waals surface area contributed by atoms with Crippen LogP contribution in [0, 0.1) is 0 Å². The van der Waals surface area contributed by atoms with Gasteiger partial charge in [0.25, 0.3) is 0 Å². The van der Waals surface area contributed by atoms with Gasteiger partial charge in [0.1, 0.15) is 18.2 Å². The smallest absolute Gasteiger partial charge is 0.128 e. The fourth-order valence-corrected chi connectivity index (χ4v) is 4.29. The van der Waals surface area contributed by atoms with E-state index in [0.29, 0.717) is 17.5 Å². The van der Waals surface area contributed by atoms with Crippen molar-refractivity contribution in [2.75, 3.05) is 6.61 Å². The van der Waals surface area contributed by atoms with Crippen LogP contribution in [0.2, 0.25) is 5.02 Å². The van der Waals surface area contributed by atoms with Crippen molar-refractivity contribution in [3.8, 4) is 17.0 Å². The van der Waals surface area contributed by atoms with Crippen LogP contribution in [0.5, 0.6) is 5.75 Å². The summed E-state index contributed by atoms with van der Waals surface area (Å²) in [5, 5.41) is 10.0. The number of nitrogens with two attached hydrogens (primary N) is 1. The number of nitrogens with zero attached hydrogens (tertiary/aromatic N) is 1. The lowest BCUT2D eigenvalue weighted by molar-refractivity contribution is 0.204. The first-order valence-electron chi connectivity index (χ1n) is 10.1. The highest BCUT2D eigenvalue weighted by molar-refractivity contribution is 7.99. The first kappa shape index (κ1) is 22.4. The molecular formula is C25H24ClN3O2S. The van der Waals surface area contributed by atoms with Crippen LogP contribution in [-0.4, -0.2) is 21.7 Å². The van der Waals surface area contributed by atoms with Gasteiger partial charge in [-0.3, -0.25) is 0 Å². The highest BCUT2D eigenvalue weighted by atomic mass is 35.5. The molecule has 0 fully saturated rings. The number of rotatable bonds is 8. The Labute approximate surface area is 196 Å². The molecule has 0 saturated heterocycles. The standard InChI is InChI=1S/C25H24ClN3O2S/c1-25(27,16-30)24-28-14-23(29-24)21-12-11-20(13-22(21)26)32-19-9-7-18(8-10-19)31-15-17-5-3-2-4-6-17/h2-14,30H,15-16,27H2,1H3,(H,28,29)/t25-/m0/s1. The van der Waals surface area contributed by atoms with E-state index in [-0.39, 0.29) is 6.61 Å². The van der Waals surface area contributed by atoms with Crippen LogP contribution in [-0.2, 0) is 12.1 Å². The molecule has 0 aliphatic heterocycles. The number of H-pyrrole nitrogens is 1. The van der Waals surface area contributed by atoms with Gasteiger partial charge >= 0.3 is 0 Å². The number of benzene rings is 3. The molecule has 0 bridgehead atoms. The Kier molecular flexibility index (Phi) is 6.86. The molecule has 0 amide bonds. The van der Waals surface area contributed by atoms with Gasteiger partial charge in [0.2, 0.25) is 0 Å². The lowest BCUT2D eigenvalue weighted by Gasteiger charge is -2.18. The third-order valence-electron chi connectivity index (χ3n) is 4.98.